The summed E-state index contributed by atoms with van der Waals surface area (Å²) in [5, 5.41) is 14.8. The number of anilines is 1. The minimum absolute atomic E-state index is 0.0189. The Kier molecular flexibility index (Phi) is 5.25. The lowest BCUT2D eigenvalue weighted by molar-refractivity contribution is -0.384. The zero-order valence-corrected chi connectivity index (χ0v) is 14.3. The van der Waals surface area contributed by atoms with E-state index in [0.717, 1.165) is 31.9 Å². The maximum absolute atomic E-state index is 10.9. The van der Waals surface area contributed by atoms with E-state index in [4.69, 9.17) is 9.26 Å². The fourth-order valence-corrected chi connectivity index (χ4v) is 2.95. The largest absolute Gasteiger partial charge is 0.377 e. The third-order valence-electron chi connectivity index (χ3n) is 4.38. The first-order valence-corrected chi connectivity index (χ1v) is 8.13. The number of hydrogen-bond donors (Lipinski definition) is 0. The van der Waals surface area contributed by atoms with Gasteiger partial charge in [0.25, 0.3) is 5.69 Å². The van der Waals surface area contributed by atoms with Gasteiger partial charge in [-0.1, -0.05) is 11.2 Å². The number of benzene rings is 1. The Bertz CT molecular complexity index is 727. The number of piperazine rings is 1. The first-order valence-electron chi connectivity index (χ1n) is 8.13. The van der Waals surface area contributed by atoms with Crippen LogP contribution in [0.5, 0.6) is 0 Å². The molecule has 1 atom stereocenters. The highest BCUT2D eigenvalue weighted by molar-refractivity contribution is 5.53. The number of aromatic nitrogens is 2. The quantitative estimate of drug-likeness (QED) is 0.578. The minimum Gasteiger partial charge on any atom is -0.377 e. The maximum atomic E-state index is 10.9. The Hall–Kier alpha value is -2.52. The molecule has 0 bridgehead atoms. The van der Waals surface area contributed by atoms with Gasteiger partial charge in [-0.25, -0.2) is 0 Å². The molecule has 0 aliphatic carbocycles. The zero-order valence-electron chi connectivity index (χ0n) is 14.3. The van der Waals surface area contributed by atoms with Crippen LogP contribution < -0.4 is 4.90 Å². The van der Waals surface area contributed by atoms with Gasteiger partial charge in [0, 0.05) is 51.1 Å². The predicted octanol–water partition coefficient (Wildman–Crippen LogP) is 2.01. The van der Waals surface area contributed by atoms with Crippen LogP contribution in [0.2, 0.25) is 0 Å². The fraction of sp³-hybridized carbons (Fsp3) is 0.500. The second-order valence-corrected chi connectivity index (χ2v) is 5.96. The Labute approximate surface area is 145 Å². The molecule has 1 aromatic carbocycles. The van der Waals surface area contributed by atoms with Crippen LogP contribution in [0.3, 0.4) is 0 Å². The van der Waals surface area contributed by atoms with Crippen LogP contribution in [0.4, 0.5) is 11.4 Å². The number of nitrogens with zero attached hydrogens (tertiary/aromatic N) is 5. The molecule has 0 unspecified atom stereocenters. The summed E-state index contributed by atoms with van der Waals surface area (Å²) in [5.41, 5.74) is 0.992. The van der Waals surface area contributed by atoms with Gasteiger partial charge < -0.3 is 14.2 Å². The van der Waals surface area contributed by atoms with Gasteiger partial charge in [-0.2, -0.15) is 4.98 Å². The first kappa shape index (κ1) is 17.3. The second-order valence-electron chi connectivity index (χ2n) is 5.96. The van der Waals surface area contributed by atoms with E-state index < -0.39 is 0 Å². The molecular weight excluding hydrogens is 326 g/mol. The average Bonchev–Trinajstić information content (AvgIpc) is 3.10. The van der Waals surface area contributed by atoms with Gasteiger partial charge in [0.2, 0.25) is 5.89 Å². The molecule has 3 rings (SSSR count). The lowest BCUT2D eigenvalue weighted by Crippen LogP contribution is -2.47. The normalized spacial score (nSPS) is 16.8. The Balaban J connectivity index is 1.61. The zero-order chi connectivity index (χ0) is 17.8. The van der Waals surface area contributed by atoms with Crippen molar-refractivity contribution in [1.29, 1.82) is 0 Å². The van der Waals surface area contributed by atoms with Gasteiger partial charge in [0.15, 0.2) is 5.82 Å². The molecule has 1 fully saturated rings. The van der Waals surface area contributed by atoms with E-state index in [1.54, 1.807) is 19.2 Å². The molecule has 0 radical (unpaired) electrons. The lowest BCUT2D eigenvalue weighted by Gasteiger charge is -2.37. The summed E-state index contributed by atoms with van der Waals surface area (Å²) in [6.45, 7) is 5.55. The lowest BCUT2D eigenvalue weighted by atomic mass is 10.2. The van der Waals surface area contributed by atoms with Gasteiger partial charge in [0.1, 0.15) is 6.61 Å². The molecule has 1 aliphatic heterocycles. The predicted molar refractivity (Wildman–Crippen MR) is 90.3 cm³/mol. The monoisotopic (exact) mass is 347 g/mol. The average molecular weight is 347 g/mol. The fourth-order valence-electron chi connectivity index (χ4n) is 2.95. The van der Waals surface area contributed by atoms with Crippen molar-refractivity contribution in [3.8, 4) is 0 Å². The third-order valence-corrected chi connectivity index (χ3v) is 4.38. The molecule has 0 spiro atoms. The molecular formula is C16H21N5O4. The van der Waals surface area contributed by atoms with Gasteiger partial charge in [-0.05, 0) is 13.0 Å². The van der Waals surface area contributed by atoms with Crippen LogP contribution in [0, 0.1) is 10.1 Å². The molecule has 134 valence electrons. The highest BCUT2D eigenvalue weighted by atomic mass is 16.6. The van der Waals surface area contributed by atoms with E-state index in [9.17, 15) is 10.1 Å². The summed E-state index contributed by atoms with van der Waals surface area (Å²) in [5.74, 6) is 1.12. The third kappa shape index (κ3) is 3.94. The number of methoxy groups -OCH3 is 1. The molecule has 2 heterocycles. The molecule has 1 aromatic heterocycles. The van der Waals surface area contributed by atoms with Crippen LogP contribution in [-0.4, -0.2) is 53.3 Å². The standard InChI is InChI=1S/C16H21N5O4/c1-12(16-17-15(11-24-2)18-25-16)19-6-8-20(9-7-19)13-4-3-5-14(10-13)21(22)23/h3-5,10,12H,6-9,11H2,1-2H3/t12-/m0/s1. The van der Waals surface area contributed by atoms with Crippen LogP contribution >= 0.6 is 0 Å². The van der Waals surface area contributed by atoms with Crippen LogP contribution in [0.15, 0.2) is 28.8 Å². The highest BCUT2D eigenvalue weighted by Gasteiger charge is 2.26. The molecule has 2 aromatic rings. The van der Waals surface area contributed by atoms with Crippen molar-refractivity contribution in [3.63, 3.8) is 0 Å². The SMILES string of the molecule is COCc1noc([C@H](C)N2CCN(c3cccc([N+](=O)[O-])c3)CC2)n1. The van der Waals surface area contributed by atoms with E-state index in [1.165, 1.54) is 6.07 Å². The van der Waals surface area contributed by atoms with Gasteiger partial charge in [-0.3, -0.25) is 15.0 Å². The molecule has 0 N–H and O–H groups in total. The van der Waals surface area contributed by atoms with Crippen molar-refractivity contribution >= 4 is 11.4 Å². The van der Waals surface area contributed by atoms with E-state index in [1.807, 2.05) is 13.0 Å². The smallest absolute Gasteiger partial charge is 0.271 e. The van der Waals surface area contributed by atoms with Crippen LogP contribution in [0.25, 0.3) is 0 Å². The van der Waals surface area contributed by atoms with Gasteiger partial charge in [0.05, 0.1) is 11.0 Å². The Morgan fingerprint density at radius 3 is 2.80 bits per heavy atom. The number of rotatable bonds is 6. The highest BCUT2D eigenvalue weighted by Crippen LogP contribution is 2.25. The Morgan fingerprint density at radius 2 is 2.12 bits per heavy atom. The molecule has 9 heteroatoms. The second kappa shape index (κ2) is 7.58. The molecule has 0 amide bonds. The summed E-state index contributed by atoms with van der Waals surface area (Å²) in [7, 11) is 1.59. The topological polar surface area (TPSA) is 97.8 Å². The van der Waals surface area contributed by atoms with Gasteiger partial charge in [-0.15, -0.1) is 0 Å². The van der Waals surface area contributed by atoms with E-state index in [0.29, 0.717) is 18.3 Å². The van der Waals surface area contributed by atoms with Crippen LogP contribution in [0.1, 0.15) is 24.7 Å². The summed E-state index contributed by atoms with van der Waals surface area (Å²) in [4.78, 5) is 19.3. The number of nitro groups is 1. The summed E-state index contributed by atoms with van der Waals surface area (Å²) in [6, 6.07) is 6.77. The van der Waals surface area contributed by atoms with Crippen molar-refractivity contribution in [2.24, 2.45) is 0 Å². The maximum Gasteiger partial charge on any atom is 0.271 e. The molecule has 0 saturated carbocycles. The summed E-state index contributed by atoms with van der Waals surface area (Å²) in [6.07, 6.45) is 0. The minimum atomic E-state index is -0.366. The van der Waals surface area contributed by atoms with E-state index in [2.05, 4.69) is 19.9 Å². The van der Waals surface area contributed by atoms with Gasteiger partial charge >= 0.3 is 0 Å². The van der Waals surface area contributed by atoms with Crippen molar-refractivity contribution in [1.82, 2.24) is 15.0 Å². The van der Waals surface area contributed by atoms with E-state index in [-0.39, 0.29) is 16.7 Å². The van der Waals surface area contributed by atoms with Crippen molar-refractivity contribution in [3.05, 3.63) is 46.1 Å². The van der Waals surface area contributed by atoms with Crippen molar-refractivity contribution in [2.75, 3.05) is 38.2 Å². The number of non-ortho nitro benzene ring substituents is 1. The van der Waals surface area contributed by atoms with E-state index >= 15 is 0 Å². The summed E-state index contributed by atoms with van der Waals surface area (Å²) >= 11 is 0. The number of nitro benzene ring substituents is 1. The Morgan fingerprint density at radius 1 is 1.36 bits per heavy atom. The first-order chi connectivity index (χ1) is 12.1. The van der Waals surface area contributed by atoms with Crippen molar-refractivity contribution in [2.45, 2.75) is 19.6 Å². The molecule has 9 nitrogen and oxygen atoms in total. The van der Waals surface area contributed by atoms with Crippen LogP contribution in [-0.2, 0) is 11.3 Å². The summed E-state index contributed by atoms with van der Waals surface area (Å²) < 4.78 is 10.3. The van der Waals surface area contributed by atoms with Crippen molar-refractivity contribution < 1.29 is 14.2 Å². The molecule has 1 aliphatic rings. The number of ether oxygens (including phenoxy) is 1. The molecule has 25 heavy (non-hydrogen) atoms. The number of hydrogen-bond acceptors (Lipinski definition) is 8. The molecule has 1 saturated heterocycles.